The summed E-state index contributed by atoms with van der Waals surface area (Å²) < 4.78 is 10.2. The minimum Gasteiger partial charge on any atom is -0.647 e. The third kappa shape index (κ3) is 4.80. The quantitative estimate of drug-likeness (QED) is 0.827. The Morgan fingerprint density at radius 3 is 2.24 bits per heavy atom. The first-order valence-corrected chi connectivity index (χ1v) is 5.05. The van der Waals surface area contributed by atoms with Crippen LogP contribution in [0.1, 0.15) is 24.2 Å². The Bertz CT molecular complexity index is 380. The Morgan fingerprint density at radius 2 is 1.76 bits per heavy atom. The molecule has 1 aromatic rings. The molecule has 1 radical (unpaired) electrons. The molecule has 5 heteroatoms. The Hall–Kier alpha value is -0.346. The minimum atomic E-state index is -0.240. The van der Waals surface area contributed by atoms with Crippen molar-refractivity contribution in [2.75, 3.05) is 14.2 Å². The second kappa shape index (κ2) is 7.88. The maximum atomic E-state index is 11.7. The zero-order valence-electron chi connectivity index (χ0n) is 10.6. The molecule has 0 N–H and O–H groups in total. The monoisotopic (exact) mass is 363 g/mol. The fourth-order valence-electron chi connectivity index (χ4n) is 1.28. The van der Waals surface area contributed by atoms with Crippen molar-refractivity contribution in [3.8, 4) is 11.5 Å². The first kappa shape index (κ1) is 16.7. The van der Waals surface area contributed by atoms with Crippen molar-refractivity contribution >= 4 is 5.91 Å². The first-order valence-electron chi connectivity index (χ1n) is 5.05. The molecular formula is C12H16NO3Pr-. The van der Waals surface area contributed by atoms with Crippen LogP contribution in [0.5, 0.6) is 11.5 Å². The van der Waals surface area contributed by atoms with Gasteiger partial charge in [0, 0.05) is 46.9 Å². The second-order valence-corrected chi connectivity index (χ2v) is 3.60. The maximum absolute atomic E-state index is 11.7. The van der Waals surface area contributed by atoms with Gasteiger partial charge in [0.2, 0.25) is 0 Å². The zero-order valence-corrected chi connectivity index (χ0v) is 14.3. The van der Waals surface area contributed by atoms with Gasteiger partial charge in [0.1, 0.15) is 0 Å². The van der Waals surface area contributed by atoms with Gasteiger partial charge in [-0.15, -0.1) is 6.04 Å². The van der Waals surface area contributed by atoms with Gasteiger partial charge < -0.3 is 19.6 Å². The average molecular weight is 363 g/mol. The van der Waals surface area contributed by atoms with Crippen molar-refractivity contribution in [1.82, 2.24) is 0 Å². The van der Waals surface area contributed by atoms with Crippen LogP contribution in [0.2, 0.25) is 0 Å². The van der Waals surface area contributed by atoms with E-state index in [-0.39, 0.29) is 53.2 Å². The Balaban J connectivity index is 0.00000256. The smallest absolute Gasteiger partial charge is 0.161 e. The summed E-state index contributed by atoms with van der Waals surface area (Å²) in [6.07, 6.45) is 0. The number of nitrogens with zero attached hydrogens (tertiary/aromatic N) is 1. The summed E-state index contributed by atoms with van der Waals surface area (Å²) in [5, 5.41) is 3.94. The summed E-state index contributed by atoms with van der Waals surface area (Å²) in [4.78, 5) is 11.7. The van der Waals surface area contributed by atoms with Crippen LogP contribution >= 0.6 is 0 Å². The van der Waals surface area contributed by atoms with Crippen molar-refractivity contribution in [2.45, 2.75) is 19.9 Å². The van der Waals surface area contributed by atoms with Crippen molar-refractivity contribution in [3.63, 3.8) is 0 Å². The van der Waals surface area contributed by atoms with Gasteiger partial charge in [-0.25, -0.2) is 0 Å². The van der Waals surface area contributed by atoms with Crippen LogP contribution in [-0.2, 0) is 0 Å². The van der Waals surface area contributed by atoms with Crippen LogP contribution in [-0.4, -0.2) is 26.2 Å². The number of benzene rings is 1. The molecule has 0 aromatic heterocycles. The zero-order chi connectivity index (χ0) is 12.1. The Morgan fingerprint density at radius 1 is 1.18 bits per heavy atom. The number of hydrogen-bond donors (Lipinski definition) is 0. The molecule has 17 heavy (non-hydrogen) atoms. The molecule has 0 aliphatic heterocycles. The number of hydrogen-bond acceptors (Lipinski definition) is 3. The molecule has 0 heterocycles. The van der Waals surface area contributed by atoms with E-state index in [0.717, 1.165) is 0 Å². The molecule has 91 valence electrons. The van der Waals surface area contributed by atoms with Crippen LogP contribution in [0.15, 0.2) is 18.2 Å². The van der Waals surface area contributed by atoms with Gasteiger partial charge in [-0.1, -0.05) is 13.8 Å². The normalized spacial score (nSPS) is 9.47. The van der Waals surface area contributed by atoms with Crippen molar-refractivity contribution in [3.05, 3.63) is 29.1 Å². The number of rotatable bonds is 4. The van der Waals surface area contributed by atoms with Crippen molar-refractivity contribution in [2.24, 2.45) is 0 Å². The molecule has 0 aliphatic carbocycles. The predicted molar refractivity (Wildman–Crippen MR) is 62.4 cm³/mol. The third-order valence-corrected chi connectivity index (χ3v) is 2.01. The molecule has 0 saturated carbocycles. The molecule has 0 fully saturated rings. The van der Waals surface area contributed by atoms with E-state index >= 15 is 0 Å². The summed E-state index contributed by atoms with van der Waals surface area (Å²) in [5.41, 5.74) is 0.506. The molecule has 1 aromatic carbocycles. The molecule has 0 bridgehead atoms. The Labute approximate surface area is 135 Å². The number of methoxy groups -OCH3 is 2. The molecule has 0 atom stereocenters. The fourth-order valence-corrected chi connectivity index (χ4v) is 1.28. The van der Waals surface area contributed by atoms with E-state index in [1.54, 1.807) is 25.3 Å². The molecule has 0 saturated heterocycles. The van der Waals surface area contributed by atoms with E-state index in [4.69, 9.17) is 9.47 Å². The van der Waals surface area contributed by atoms with E-state index in [1.165, 1.54) is 7.11 Å². The number of amides is 1. The summed E-state index contributed by atoms with van der Waals surface area (Å²) in [5.74, 6) is 0.895. The van der Waals surface area contributed by atoms with Gasteiger partial charge in [0.15, 0.2) is 11.5 Å². The largest absolute Gasteiger partial charge is 0.647 e. The molecule has 0 unspecified atom stereocenters. The molecule has 0 aliphatic rings. The topological polar surface area (TPSA) is 49.6 Å². The standard InChI is InChI=1S/C12H17NO3.Pr/c1-8(2)13-12(14)9-5-6-10(15-3)11(7-9)16-4;/h5-8H,1-4H3,(H,13,14);/p-1. The van der Waals surface area contributed by atoms with Crippen LogP contribution in [0.3, 0.4) is 0 Å². The number of carbonyl (C=O) groups is 1. The van der Waals surface area contributed by atoms with Gasteiger partial charge in [-0.3, -0.25) is 0 Å². The molecule has 0 spiro atoms. The van der Waals surface area contributed by atoms with Crippen LogP contribution < -0.4 is 9.47 Å². The van der Waals surface area contributed by atoms with Crippen LogP contribution in [0.4, 0.5) is 0 Å². The SMILES string of the molecule is COc1ccc(C(=O)[N-]C(C)C)cc1OC.[Pr]. The first-order chi connectivity index (χ1) is 7.58. The molecule has 1 amide bonds. The summed E-state index contributed by atoms with van der Waals surface area (Å²) >= 11 is 0. The Kier molecular flexibility index (Phi) is 7.72. The van der Waals surface area contributed by atoms with Crippen molar-refractivity contribution < 1.29 is 55.6 Å². The second-order valence-electron chi connectivity index (χ2n) is 3.60. The average Bonchev–Trinajstić information content (AvgIpc) is 2.27. The third-order valence-electron chi connectivity index (χ3n) is 2.01. The summed E-state index contributed by atoms with van der Waals surface area (Å²) in [7, 11) is 3.09. The number of carbonyl (C=O) groups excluding carboxylic acids is 1. The van der Waals surface area contributed by atoms with E-state index < -0.39 is 0 Å². The van der Waals surface area contributed by atoms with Crippen LogP contribution in [0.25, 0.3) is 5.32 Å². The molecular weight excluding hydrogens is 347 g/mol. The molecule has 4 nitrogen and oxygen atoms in total. The van der Waals surface area contributed by atoms with Gasteiger partial charge in [-0.05, 0) is 18.2 Å². The van der Waals surface area contributed by atoms with E-state index in [2.05, 4.69) is 5.32 Å². The maximum Gasteiger partial charge on any atom is 0.161 e. The van der Waals surface area contributed by atoms with E-state index in [1.807, 2.05) is 13.8 Å². The van der Waals surface area contributed by atoms with Gasteiger partial charge >= 0.3 is 0 Å². The fraction of sp³-hybridized carbons (Fsp3) is 0.417. The van der Waals surface area contributed by atoms with Gasteiger partial charge in [0.25, 0.3) is 0 Å². The number of ether oxygens (including phenoxy) is 2. The summed E-state index contributed by atoms with van der Waals surface area (Å²) in [6.45, 7) is 3.72. The van der Waals surface area contributed by atoms with E-state index in [0.29, 0.717) is 17.1 Å². The predicted octanol–water partition coefficient (Wildman–Crippen LogP) is 2.63. The minimum absolute atomic E-state index is 0. The molecule has 1 rings (SSSR count). The summed E-state index contributed by atoms with van der Waals surface area (Å²) in [6, 6.07) is 4.99. The van der Waals surface area contributed by atoms with Crippen LogP contribution in [0, 0.1) is 41.3 Å². The van der Waals surface area contributed by atoms with Gasteiger partial charge in [-0.2, -0.15) is 0 Å². The van der Waals surface area contributed by atoms with Crippen molar-refractivity contribution in [1.29, 1.82) is 0 Å². The van der Waals surface area contributed by atoms with E-state index in [9.17, 15) is 4.79 Å². The van der Waals surface area contributed by atoms with Gasteiger partial charge in [0.05, 0.1) is 20.1 Å².